The fraction of sp³-hybridized carbons (Fsp3) is 1.00. The van der Waals surface area contributed by atoms with Gasteiger partial charge in [-0.3, -0.25) is 0 Å². The predicted octanol–water partition coefficient (Wildman–Crippen LogP) is 2.72. The van der Waals surface area contributed by atoms with Crippen molar-refractivity contribution in [3.05, 3.63) is 0 Å². The Hall–Kier alpha value is 0.270. The molecule has 0 aromatic heterocycles. The number of unbranched alkanes of at least 4 members (excludes halogenated alkanes) is 1. The van der Waals surface area contributed by atoms with Crippen LogP contribution in [0.5, 0.6) is 0 Å². The fourth-order valence-electron chi connectivity index (χ4n) is 2.09. The Labute approximate surface area is 105 Å². The van der Waals surface area contributed by atoms with Gasteiger partial charge in [0.05, 0.1) is 0 Å². The molecule has 2 nitrogen and oxygen atoms in total. The molecule has 16 heavy (non-hydrogen) atoms. The van der Waals surface area contributed by atoms with Crippen molar-refractivity contribution >= 4 is 11.8 Å². The molecule has 0 bridgehead atoms. The zero-order valence-electron chi connectivity index (χ0n) is 11.2. The van der Waals surface area contributed by atoms with E-state index < -0.39 is 0 Å². The van der Waals surface area contributed by atoms with E-state index in [0.717, 1.165) is 0 Å². The van der Waals surface area contributed by atoms with Crippen molar-refractivity contribution in [2.75, 3.05) is 25.4 Å². The molecule has 1 aliphatic heterocycles. The Morgan fingerprint density at radius 2 is 2.06 bits per heavy atom. The highest BCUT2D eigenvalue weighted by Gasteiger charge is 2.23. The summed E-state index contributed by atoms with van der Waals surface area (Å²) in [4.78, 5) is 2.63. The highest BCUT2D eigenvalue weighted by Crippen LogP contribution is 2.30. The highest BCUT2D eigenvalue weighted by molar-refractivity contribution is 8.00. The van der Waals surface area contributed by atoms with Gasteiger partial charge in [0.15, 0.2) is 0 Å². The molecular weight excluding hydrogens is 216 g/mol. The van der Waals surface area contributed by atoms with Gasteiger partial charge in [-0.2, -0.15) is 11.8 Å². The van der Waals surface area contributed by atoms with Gasteiger partial charge in [-0.05, 0) is 39.3 Å². The lowest BCUT2D eigenvalue weighted by molar-refractivity contribution is 0.276. The molecule has 0 saturated carbocycles. The standard InChI is InChI=1S/C13H28N2S/c1-12(14)6-4-5-8-15-9-7-13(2,3)16-11-10-15/h12H,4-11,14H2,1-3H3. The molecule has 0 amide bonds. The summed E-state index contributed by atoms with van der Waals surface area (Å²) in [6.07, 6.45) is 5.09. The molecule has 0 aliphatic carbocycles. The van der Waals surface area contributed by atoms with Crippen LogP contribution in [0, 0.1) is 0 Å². The normalized spacial score (nSPS) is 24.0. The first-order valence-corrected chi connectivity index (χ1v) is 7.60. The molecule has 1 fully saturated rings. The van der Waals surface area contributed by atoms with Gasteiger partial charge in [0.1, 0.15) is 0 Å². The summed E-state index contributed by atoms with van der Waals surface area (Å²) in [7, 11) is 0. The number of hydrogen-bond acceptors (Lipinski definition) is 3. The zero-order chi connectivity index (χ0) is 12.0. The van der Waals surface area contributed by atoms with Crippen LogP contribution in [0.3, 0.4) is 0 Å². The SMILES string of the molecule is CC(N)CCCCN1CCSC(C)(C)CC1. The van der Waals surface area contributed by atoms with Crippen molar-refractivity contribution < 1.29 is 0 Å². The molecule has 1 saturated heterocycles. The molecule has 1 heterocycles. The van der Waals surface area contributed by atoms with Gasteiger partial charge in [-0.15, -0.1) is 0 Å². The maximum absolute atomic E-state index is 5.76. The van der Waals surface area contributed by atoms with Crippen LogP contribution in [-0.4, -0.2) is 41.1 Å². The molecular formula is C13H28N2S. The van der Waals surface area contributed by atoms with E-state index in [1.54, 1.807) is 0 Å². The molecule has 0 aromatic carbocycles. The van der Waals surface area contributed by atoms with Gasteiger partial charge < -0.3 is 10.6 Å². The lowest BCUT2D eigenvalue weighted by Crippen LogP contribution is -2.28. The Balaban J connectivity index is 2.13. The second kappa shape index (κ2) is 6.87. The average Bonchev–Trinajstić information content (AvgIpc) is 2.34. The van der Waals surface area contributed by atoms with E-state index in [1.807, 2.05) is 0 Å². The van der Waals surface area contributed by atoms with Gasteiger partial charge in [0, 0.05) is 23.1 Å². The van der Waals surface area contributed by atoms with E-state index >= 15 is 0 Å². The van der Waals surface area contributed by atoms with Gasteiger partial charge in [-0.1, -0.05) is 20.3 Å². The minimum absolute atomic E-state index is 0.374. The molecule has 96 valence electrons. The predicted molar refractivity (Wildman–Crippen MR) is 75.1 cm³/mol. The van der Waals surface area contributed by atoms with Crippen molar-refractivity contribution in [2.24, 2.45) is 5.73 Å². The second-order valence-corrected chi connectivity index (χ2v) is 7.47. The second-order valence-electron chi connectivity index (χ2n) is 5.67. The van der Waals surface area contributed by atoms with Gasteiger partial charge in [0.2, 0.25) is 0 Å². The maximum atomic E-state index is 5.76. The molecule has 1 rings (SSSR count). The summed E-state index contributed by atoms with van der Waals surface area (Å²) in [6, 6.07) is 0.374. The average molecular weight is 244 g/mol. The minimum Gasteiger partial charge on any atom is -0.328 e. The van der Waals surface area contributed by atoms with E-state index in [9.17, 15) is 0 Å². The van der Waals surface area contributed by atoms with Crippen LogP contribution in [0.25, 0.3) is 0 Å². The van der Waals surface area contributed by atoms with Crippen LogP contribution in [0.1, 0.15) is 46.5 Å². The van der Waals surface area contributed by atoms with Crippen molar-refractivity contribution in [3.8, 4) is 0 Å². The number of thioether (sulfide) groups is 1. The van der Waals surface area contributed by atoms with E-state index in [1.165, 1.54) is 51.1 Å². The van der Waals surface area contributed by atoms with E-state index in [2.05, 4.69) is 37.4 Å². The summed E-state index contributed by atoms with van der Waals surface area (Å²) >= 11 is 2.13. The zero-order valence-corrected chi connectivity index (χ0v) is 12.0. The summed E-state index contributed by atoms with van der Waals surface area (Å²) in [5.74, 6) is 1.29. The first kappa shape index (κ1) is 14.3. The van der Waals surface area contributed by atoms with E-state index in [4.69, 9.17) is 5.73 Å². The molecule has 0 spiro atoms. The van der Waals surface area contributed by atoms with E-state index in [0.29, 0.717) is 10.8 Å². The summed E-state index contributed by atoms with van der Waals surface area (Å²) in [6.45, 7) is 10.7. The monoisotopic (exact) mass is 244 g/mol. The van der Waals surface area contributed by atoms with Crippen LogP contribution < -0.4 is 5.73 Å². The third-order valence-electron chi connectivity index (χ3n) is 3.31. The summed E-state index contributed by atoms with van der Waals surface area (Å²) in [5, 5.41) is 0. The fourth-order valence-corrected chi connectivity index (χ4v) is 3.23. The van der Waals surface area contributed by atoms with Gasteiger partial charge in [0.25, 0.3) is 0 Å². The van der Waals surface area contributed by atoms with Crippen LogP contribution in [-0.2, 0) is 0 Å². The van der Waals surface area contributed by atoms with Gasteiger partial charge >= 0.3 is 0 Å². The largest absolute Gasteiger partial charge is 0.328 e. The Bertz CT molecular complexity index is 192. The quantitative estimate of drug-likeness (QED) is 0.754. The van der Waals surface area contributed by atoms with E-state index in [-0.39, 0.29) is 0 Å². The third-order valence-corrected chi connectivity index (χ3v) is 4.69. The van der Waals surface area contributed by atoms with Crippen molar-refractivity contribution in [3.63, 3.8) is 0 Å². The third kappa shape index (κ3) is 6.12. The smallest absolute Gasteiger partial charge is 0.0116 e. The summed E-state index contributed by atoms with van der Waals surface area (Å²) in [5.41, 5.74) is 5.76. The molecule has 1 aliphatic rings. The first-order chi connectivity index (χ1) is 7.49. The van der Waals surface area contributed by atoms with Crippen LogP contribution in [0.15, 0.2) is 0 Å². The first-order valence-electron chi connectivity index (χ1n) is 6.61. The Morgan fingerprint density at radius 1 is 1.31 bits per heavy atom. The topological polar surface area (TPSA) is 29.3 Å². The lowest BCUT2D eigenvalue weighted by Gasteiger charge is -2.22. The number of nitrogens with two attached hydrogens (primary N) is 1. The molecule has 2 N–H and O–H groups in total. The maximum Gasteiger partial charge on any atom is 0.0116 e. The summed E-state index contributed by atoms with van der Waals surface area (Å²) < 4.78 is 0.487. The molecule has 0 aromatic rings. The van der Waals surface area contributed by atoms with Crippen LogP contribution in [0.4, 0.5) is 0 Å². The van der Waals surface area contributed by atoms with Crippen molar-refractivity contribution in [2.45, 2.75) is 57.2 Å². The number of rotatable bonds is 5. The molecule has 0 radical (unpaired) electrons. The van der Waals surface area contributed by atoms with Crippen molar-refractivity contribution in [1.29, 1.82) is 0 Å². The highest BCUT2D eigenvalue weighted by atomic mass is 32.2. The Morgan fingerprint density at radius 3 is 2.75 bits per heavy atom. The Kier molecular flexibility index (Phi) is 6.16. The molecule has 3 heteroatoms. The van der Waals surface area contributed by atoms with Gasteiger partial charge in [-0.25, -0.2) is 0 Å². The lowest BCUT2D eigenvalue weighted by atomic mass is 10.1. The number of hydrogen-bond donors (Lipinski definition) is 1. The molecule has 1 unspecified atom stereocenters. The van der Waals surface area contributed by atoms with Crippen LogP contribution >= 0.6 is 11.8 Å². The molecule has 1 atom stereocenters. The van der Waals surface area contributed by atoms with Crippen molar-refractivity contribution in [1.82, 2.24) is 4.90 Å². The number of nitrogens with zero attached hydrogens (tertiary/aromatic N) is 1. The minimum atomic E-state index is 0.374. The van der Waals surface area contributed by atoms with Crippen LogP contribution in [0.2, 0.25) is 0 Å².